The van der Waals surface area contributed by atoms with Crippen molar-refractivity contribution in [3.05, 3.63) is 70.5 Å². The SMILES string of the molecule is Cc1cc(C)cc(CC(C(=O)O)c2ccccc2F)c1. The van der Waals surface area contributed by atoms with E-state index in [1.165, 1.54) is 12.1 Å². The minimum Gasteiger partial charge on any atom is -0.481 e. The number of benzene rings is 2. The third-order valence-electron chi connectivity index (χ3n) is 3.30. The number of carbonyl (C=O) groups is 1. The number of halogens is 1. The maximum atomic E-state index is 13.8. The fourth-order valence-electron chi connectivity index (χ4n) is 2.51. The van der Waals surface area contributed by atoms with Crippen molar-refractivity contribution < 1.29 is 14.3 Å². The van der Waals surface area contributed by atoms with Crippen LogP contribution in [0.5, 0.6) is 0 Å². The Labute approximate surface area is 117 Å². The molecule has 0 aliphatic heterocycles. The van der Waals surface area contributed by atoms with Gasteiger partial charge in [0.05, 0.1) is 5.92 Å². The van der Waals surface area contributed by atoms with Gasteiger partial charge < -0.3 is 5.11 Å². The van der Waals surface area contributed by atoms with Crippen LogP contribution >= 0.6 is 0 Å². The highest BCUT2D eigenvalue weighted by atomic mass is 19.1. The minimum atomic E-state index is -1.01. The molecule has 1 atom stereocenters. The highest BCUT2D eigenvalue weighted by Gasteiger charge is 2.23. The van der Waals surface area contributed by atoms with E-state index < -0.39 is 17.7 Å². The molecule has 104 valence electrons. The van der Waals surface area contributed by atoms with E-state index in [-0.39, 0.29) is 5.56 Å². The van der Waals surface area contributed by atoms with Gasteiger partial charge in [-0.3, -0.25) is 4.79 Å². The molecule has 0 spiro atoms. The number of aliphatic carboxylic acids is 1. The van der Waals surface area contributed by atoms with Crippen molar-refractivity contribution in [2.24, 2.45) is 0 Å². The number of carboxylic acid groups (broad SMARTS) is 1. The van der Waals surface area contributed by atoms with Crippen LogP contribution in [0.15, 0.2) is 42.5 Å². The van der Waals surface area contributed by atoms with Gasteiger partial charge in [-0.2, -0.15) is 0 Å². The van der Waals surface area contributed by atoms with Gasteiger partial charge in [-0.15, -0.1) is 0 Å². The van der Waals surface area contributed by atoms with Crippen molar-refractivity contribution in [2.45, 2.75) is 26.2 Å². The lowest BCUT2D eigenvalue weighted by atomic mass is 9.90. The fourth-order valence-corrected chi connectivity index (χ4v) is 2.51. The van der Waals surface area contributed by atoms with E-state index in [0.717, 1.165) is 16.7 Å². The van der Waals surface area contributed by atoms with E-state index in [4.69, 9.17) is 0 Å². The molecule has 0 amide bonds. The average molecular weight is 272 g/mol. The molecule has 1 unspecified atom stereocenters. The summed E-state index contributed by atoms with van der Waals surface area (Å²) in [5.41, 5.74) is 3.31. The molecule has 0 aliphatic carbocycles. The summed E-state index contributed by atoms with van der Waals surface area (Å²) >= 11 is 0. The topological polar surface area (TPSA) is 37.3 Å². The summed E-state index contributed by atoms with van der Waals surface area (Å²) < 4.78 is 13.8. The molecular formula is C17H17FO2. The molecule has 2 aromatic carbocycles. The van der Waals surface area contributed by atoms with Crippen LogP contribution < -0.4 is 0 Å². The van der Waals surface area contributed by atoms with E-state index in [9.17, 15) is 14.3 Å². The first-order chi connectivity index (χ1) is 9.47. The number of hydrogen-bond donors (Lipinski definition) is 1. The van der Waals surface area contributed by atoms with Gasteiger partial charge in [-0.05, 0) is 31.9 Å². The Bertz CT molecular complexity index is 614. The Morgan fingerprint density at radius 3 is 2.30 bits per heavy atom. The zero-order valence-corrected chi connectivity index (χ0v) is 11.6. The summed E-state index contributed by atoms with van der Waals surface area (Å²) in [7, 11) is 0. The number of rotatable bonds is 4. The highest BCUT2D eigenvalue weighted by Crippen LogP contribution is 2.24. The van der Waals surface area contributed by atoms with Crippen molar-refractivity contribution in [3.8, 4) is 0 Å². The van der Waals surface area contributed by atoms with Gasteiger partial charge in [0, 0.05) is 5.56 Å². The second kappa shape index (κ2) is 5.87. The highest BCUT2D eigenvalue weighted by molar-refractivity contribution is 5.76. The molecule has 0 aromatic heterocycles. The van der Waals surface area contributed by atoms with Gasteiger partial charge >= 0.3 is 5.97 Å². The minimum absolute atomic E-state index is 0.235. The number of hydrogen-bond acceptors (Lipinski definition) is 1. The van der Waals surface area contributed by atoms with Crippen LogP contribution in [0.25, 0.3) is 0 Å². The zero-order valence-electron chi connectivity index (χ0n) is 11.6. The molecule has 1 N–H and O–H groups in total. The Balaban J connectivity index is 2.36. The third-order valence-corrected chi connectivity index (χ3v) is 3.30. The lowest BCUT2D eigenvalue weighted by Crippen LogP contribution is -2.16. The predicted octanol–water partition coefficient (Wildman–Crippen LogP) is 3.85. The van der Waals surface area contributed by atoms with Crippen molar-refractivity contribution >= 4 is 5.97 Å². The molecular weight excluding hydrogens is 255 g/mol. The van der Waals surface area contributed by atoms with Gasteiger partial charge in [0.25, 0.3) is 0 Å². The van der Waals surface area contributed by atoms with E-state index in [2.05, 4.69) is 0 Å². The third kappa shape index (κ3) is 3.23. The van der Waals surface area contributed by atoms with Gasteiger partial charge in [-0.1, -0.05) is 47.5 Å². The molecule has 0 aliphatic rings. The molecule has 0 heterocycles. The molecule has 0 bridgehead atoms. The number of carboxylic acids is 1. The van der Waals surface area contributed by atoms with Gasteiger partial charge in [0.15, 0.2) is 0 Å². The second-order valence-corrected chi connectivity index (χ2v) is 5.11. The zero-order chi connectivity index (χ0) is 14.7. The van der Waals surface area contributed by atoms with Crippen molar-refractivity contribution in [1.82, 2.24) is 0 Å². The summed E-state index contributed by atoms with van der Waals surface area (Å²) in [6.45, 7) is 3.94. The smallest absolute Gasteiger partial charge is 0.311 e. The molecule has 0 saturated heterocycles. The molecule has 0 radical (unpaired) electrons. The molecule has 0 saturated carbocycles. The average Bonchev–Trinajstić information content (AvgIpc) is 2.35. The molecule has 2 nitrogen and oxygen atoms in total. The second-order valence-electron chi connectivity index (χ2n) is 5.11. The summed E-state index contributed by atoms with van der Waals surface area (Å²) in [5.74, 6) is -2.34. The molecule has 20 heavy (non-hydrogen) atoms. The van der Waals surface area contributed by atoms with Crippen LogP contribution in [0.3, 0.4) is 0 Å². The summed E-state index contributed by atoms with van der Waals surface area (Å²) in [5, 5.41) is 9.38. The maximum Gasteiger partial charge on any atom is 0.311 e. The van der Waals surface area contributed by atoms with Gasteiger partial charge in [0.1, 0.15) is 5.82 Å². The van der Waals surface area contributed by atoms with Crippen LogP contribution in [0, 0.1) is 19.7 Å². The van der Waals surface area contributed by atoms with Gasteiger partial charge in [-0.25, -0.2) is 4.39 Å². The first kappa shape index (κ1) is 14.3. The predicted molar refractivity (Wildman–Crippen MR) is 76.4 cm³/mol. The Kier molecular flexibility index (Phi) is 4.18. The largest absolute Gasteiger partial charge is 0.481 e. The monoisotopic (exact) mass is 272 g/mol. The molecule has 2 rings (SSSR count). The lowest BCUT2D eigenvalue weighted by Gasteiger charge is -2.14. The summed E-state index contributed by atoms with van der Waals surface area (Å²) in [6, 6.07) is 12.0. The normalized spacial score (nSPS) is 12.2. The van der Waals surface area contributed by atoms with E-state index >= 15 is 0 Å². The van der Waals surface area contributed by atoms with Crippen LogP contribution in [0.1, 0.15) is 28.2 Å². The Hall–Kier alpha value is -2.16. The first-order valence-corrected chi connectivity index (χ1v) is 6.52. The summed E-state index contributed by atoms with van der Waals surface area (Å²) in [6.07, 6.45) is 0.290. The molecule has 2 aromatic rings. The van der Waals surface area contributed by atoms with Crippen molar-refractivity contribution in [2.75, 3.05) is 0 Å². The van der Waals surface area contributed by atoms with Crippen molar-refractivity contribution in [1.29, 1.82) is 0 Å². The van der Waals surface area contributed by atoms with Crippen molar-refractivity contribution in [3.63, 3.8) is 0 Å². The maximum absolute atomic E-state index is 13.8. The van der Waals surface area contributed by atoms with E-state index in [1.807, 2.05) is 32.0 Å². The Morgan fingerprint density at radius 1 is 1.15 bits per heavy atom. The lowest BCUT2D eigenvalue weighted by molar-refractivity contribution is -0.138. The summed E-state index contributed by atoms with van der Waals surface area (Å²) in [4.78, 5) is 11.5. The first-order valence-electron chi connectivity index (χ1n) is 6.52. The van der Waals surface area contributed by atoms with E-state index in [1.54, 1.807) is 12.1 Å². The standard InChI is InChI=1S/C17H17FO2/c1-11-7-12(2)9-13(8-11)10-15(17(19)20)14-5-3-4-6-16(14)18/h3-9,15H,10H2,1-2H3,(H,19,20). The van der Waals surface area contributed by atoms with E-state index in [0.29, 0.717) is 6.42 Å². The fraction of sp³-hybridized carbons (Fsp3) is 0.235. The Morgan fingerprint density at radius 2 is 1.75 bits per heavy atom. The number of aryl methyl sites for hydroxylation is 2. The van der Waals surface area contributed by atoms with Gasteiger partial charge in [0.2, 0.25) is 0 Å². The van der Waals surface area contributed by atoms with Crippen LogP contribution in [-0.4, -0.2) is 11.1 Å². The molecule has 3 heteroatoms. The molecule has 0 fully saturated rings. The van der Waals surface area contributed by atoms with Crippen LogP contribution in [0.4, 0.5) is 4.39 Å². The van der Waals surface area contributed by atoms with Crippen LogP contribution in [0.2, 0.25) is 0 Å². The quantitative estimate of drug-likeness (QED) is 0.917. The van der Waals surface area contributed by atoms with Crippen LogP contribution in [-0.2, 0) is 11.2 Å².